The van der Waals surface area contributed by atoms with Gasteiger partial charge in [0.15, 0.2) is 0 Å². The topological polar surface area (TPSA) is 79.8 Å². The zero-order valence-corrected chi connectivity index (χ0v) is 12.6. The van der Waals surface area contributed by atoms with Gasteiger partial charge in [0.1, 0.15) is 6.04 Å². The van der Waals surface area contributed by atoms with Gasteiger partial charge in [0.25, 0.3) is 0 Å². The van der Waals surface area contributed by atoms with Gasteiger partial charge in [-0.25, -0.2) is 0 Å². The first-order valence-electron chi connectivity index (χ1n) is 6.88. The van der Waals surface area contributed by atoms with Crippen LogP contribution in [0, 0.1) is 0 Å². The number of carbonyl (C=O) groups excluding carboxylic acids is 1. The Morgan fingerprint density at radius 1 is 1.67 bits per heavy atom. The first-order chi connectivity index (χ1) is 10.2. The average molecular weight is 310 g/mol. The highest BCUT2D eigenvalue weighted by atomic mass is 32.1. The molecule has 2 heterocycles. The summed E-state index contributed by atoms with van der Waals surface area (Å²) in [5.74, 6) is -0.726. The normalized spacial score (nSPS) is 20.1. The molecule has 0 bridgehead atoms. The van der Waals surface area contributed by atoms with Gasteiger partial charge in [-0.3, -0.25) is 4.79 Å². The Morgan fingerprint density at radius 2 is 2.52 bits per heavy atom. The molecule has 0 fully saturated rings. The maximum absolute atomic E-state index is 12.4. The van der Waals surface area contributed by atoms with Gasteiger partial charge >= 0.3 is 7.12 Å². The van der Waals surface area contributed by atoms with E-state index in [0.717, 1.165) is 4.88 Å². The van der Waals surface area contributed by atoms with Crippen LogP contribution >= 0.6 is 11.3 Å². The number of amides is 1. The number of carbonyl (C=O) groups is 1. The second-order valence-electron chi connectivity index (χ2n) is 4.55. The van der Waals surface area contributed by atoms with E-state index in [9.17, 15) is 9.82 Å². The van der Waals surface area contributed by atoms with Crippen molar-refractivity contribution in [3.63, 3.8) is 0 Å². The lowest BCUT2D eigenvalue weighted by Gasteiger charge is -2.22. The van der Waals surface area contributed by atoms with Gasteiger partial charge in [0, 0.05) is 11.5 Å². The smallest absolute Gasteiger partial charge is 0.426 e. The van der Waals surface area contributed by atoms with Gasteiger partial charge < -0.3 is 19.8 Å². The van der Waals surface area contributed by atoms with Crippen molar-refractivity contribution in [3.8, 4) is 0 Å². The Hall–Kier alpha value is -1.19. The maximum atomic E-state index is 12.4. The summed E-state index contributed by atoms with van der Waals surface area (Å²) in [6.45, 7) is 2.64. The summed E-state index contributed by atoms with van der Waals surface area (Å²) >= 11 is 1.47. The van der Waals surface area contributed by atoms with E-state index in [1.165, 1.54) is 11.3 Å². The molecule has 1 aromatic heterocycles. The van der Waals surface area contributed by atoms with Gasteiger partial charge in [0.05, 0.1) is 12.5 Å². The largest absolute Gasteiger partial charge is 0.478 e. The number of rotatable bonds is 6. The third-order valence-corrected chi connectivity index (χ3v) is 3.96. The summed E-state index contributed by atoms with van der Waals surface area (Å²) in [5.41, 5.74) is 2.75. The lowest BCUT2D eigenvalue weighted by molar-refractivity contribution is -0.127. The summed E-state index contributed by atoms with van der Waals surface area (Å²) in [6, 6.07) is 3.13. The molecule has 0 spiro atoms. The van der Waals surface area contributed by atoms with E-state index < -0.39 is 19.1 Å². The lowest BCUT2D eigenvalue weighted by atomic mass is 9.77. The quantitative estimate of drug-likeness (QED) is 0.412. The van der Waals surface area contributed by atoms with Crippen molar-refractivity contribution in [2.24, 2.45) is 0 Å². The molecular formula is C13H19BN2O4S. The lowest BCUT2D eigenvalue weighted by Crippen LogP contribution is -2.50. The van der Waals surface area contributed by atoms with Crippen LogP contribution < -0.4 is 10.8 Å². The van der Waals surface area contributed by atoms with Crippen LogP contribution in [0.4, 0.5) is 0 Å². The molecule has 21 heavy (non-hydrogen) atoms. The fourth-order valence-electron chi connectivity index (χ4n) is 1.96. The van der Waals surface area contributed by atoms with Crippen molar-refractivity contribution in [3.05, 3.63) is 34.5 Å². The SMILES string of the molecule is CCONC(C(=O)NC1CC=CCOB1O)c1cccs1. The molecule has 3 N–H and O–H groups in total. The minimum Gasteiger partial charge on any atom is -0.426 e. The Labute approximate surface area is 128 Å². The van der Waals surface area contributed by atoms with E-state index in [4.69, 9.17) is 9.49 Å². The zero-order chi connectivity index (χ0) is 15.1. The van der Waals surface area contributed by atoms with Crippen LogP contribution in [0.3, 0.4) is 0 Å². The monoisotopic (exact) mass is 310 g/mol. The Kier molecular flexibility index (Phi) is 6.40. The molecule has 0 aliphatic carbocycles. The minimum atomic E-state index is -1.01. The van der Waals surface area contributed by atoms with E-state index in [2.05, 4.69) is 10.8 Å². The van der Waals surface area contributed by atoms with Crippen molar-refractivity contribution in [1.29, 1.82) is 0 Å². The summed E-state index contributed by atoms with van der Waals surface area (Å²) in [7, 11) is -1.01. The van der Waals surface area contributed by atoms with Crippen LogP contribution in [0.2, 0.25) is 0 Å². The predicted octanol–water partition coefficient (Wildman–Crippen LogP) is 0.811. The number of nitrogens with one attached hydrogen (secondary N) is 2. The van der Waals surface area contributed by atoms with E-state index in [1.807, 2.05) is 36.6 Å². The zero-order valence-electron chi connectivity index (χ0n) is 11.8. The highest BCUT2D eigenvalue weighted by Crippen LogP contribution is 2.20. The molecule has 2 unspecified atom stereocenters. The Balaban J connectivity index is 2.02. The highest BCUT2D eigenvalue weighted by molar-refractivity contribution is 7.10. The second-order valence-corrected chi connectivity index (χ2v) is 5.52. The van der Waals surface area contributed by atoms with Crippen molar-refractivity contribution in [1.82, 2.24) is 10.8 Å². The molecule has 0 radical (unpaired) electrons. The Bertz CT molecular complexity index is 469. The molecule has 1 aliphatic heterocycles. The van der Waals surface area contributed by atoms with Crippen LogP contribution in [0.5, 0.6) is 0 Å². The molecule has 2 rings (SSSR count). The minimum absolute atomic E-state index is 0.256. The fourth-order valence-corrected chi connectivity index (χ4v) is 2.72. The standard InChI is InChI=1S/C13H19BN2O4S/c1-2-20-16-12(10-6-5-9-21-10)13(17)15-11-7-3-4-8-19-14(11)18/h3-6,9,11-12,16,18H,2,7-8H2,1H3,(H,15,17). The third kappa shape index (κ3) is 4.65. The summed E-state index contributed by atoms with van der Waals surface area (Å²) < 4.78 is 5.17. The van der Waals surface area contributed by atoms with Crippen molar-refractivity contribution < 1.29 is 19.3 Å². The first-order valence-corrected chi connectivity index (χ1v) is 7.76. The van der Waals surface area contributed by atoms with Crippen LogP contribution in [0.25, 0.3) is 0 Å². The number of hydrogen-bond acceptors (Lipinski definition) is 6. The fraction of sp³-hybridized carbons (Fsp3) is 0.462. The second kappa shape index (κ2) is 8.30. The van der Waals surface area contributed by atoms with E-state index in [-0.39, 0.29) is 5.91 Å². The molecule has 114 valence electrons. The number of hydroxylamine groups is 1. The van der Waals surface area contributed by atoms with Crippen LogP contribution in [0.1, 0.15) is 24.3 Å². The van der Waals surface area contributed by atoms with E-state index >= 15 is 0 Å². The third-order valence-electron chi connectivity index (χ3n) is 3.03. The molecular weight excluding hydrogens is 291 g/mol. The number of thiophene rings is 1. The maximum Gasteiger partial charge on any atom is 0.478 e. The highest BCUT2D eigenvalue weighted by Gasteiger charge is 2.31. The molecule has 8 heteroatoms. The molecule has 1 amide bonds. The van der Waals surface area contributed by atoms with Crippen molar-refractivity contribution >= 4 is 24.4 Å². The summed E-state index contributed by atoms with van der Waals surface area (Å²) in [6.07, 6.45) is 4.24. The molecule has 0 aromatic carbocycles. The Morgan fingerprint density at radius 3 is 3.24 bits per heavy atom. The molecule has 0 saturated carbocycles. The van der Waals surface area contributed by atoms with Crippen LogP contribution in [0.15, 0.2) is 29.7 Å². The summed E-state index contributed by atoms with van der Waals surface area (Å²) in [4.78, 5) is 18.5. The average Bonchev–Trinajstić information content (AvgIpc) is 2.92. The molecule has 0 saturated heterocycles. The molecule has 1 aromatic rings. The van der Waals surface area contributed by atoms with Crippen molar-refractivity contribution in [2.45, 2.75) is 25.3 Å². The van der Waals surface area contributed by atoms with E-state index in [0.29, 0.717) is 19.6 Å². The molecule has 6 nitrogen and oxygen atoms in total. The van der Waals surface area contributed by atoms with Gasteiger partial charge in [0.2, 0.25) is 5.91 Å². The van der Waals surface area contributed by atoms with Gasteiger partial charge in [-0.15, -0.1) is 11.3 Å². The predicted molar refractivity (Wildman–Crippen MR) is 81.4 cm³/mol. The number of hydrogen-bond donors (Lipinski definition) is 3. The van der Waals surface area contributed by atoms with Gasteiger partial charge in [-0.05, 0) is 24.8 Å². The molecule has 2 atom stereocenters. The van der Waals surface area contributed by atoms with Crippen LogP contribution in [-0.2, 0) is 14.3 Å². The molecule has 1 aliphatic rings. The van der Waals surface area contributed by atoms with Gasteiger partial charge in [-0.1, -0.05) is 18.2 Å². The van der Waals surface area contributed by atoms with Crippen LogP contribution in [-0.4, -0.2) is 37.2 Å². The van der Waals surface area contributed by atoms with E-state index in [1.54, 1.807) is 0 Å². The first kappa shape index (κ1) is 16.2. The summed E-state index contributed by atoms with van der Waals surface area (Å²) in [5, 5.41) is 14.6. The van der Waals surface area contributed by atoms with Crippen molar-refractivity contribution in [2.75, 3.05) is 13.2 Å². The van der Waals surface area contributed by atoms with Gasteiger partial charge in [-0.2, -0.15) is 5.48 Å².